The summed E-state index contributed by atoms with van der Waals surface area (Å²) >= 11 is 1.42. The van der Waals surface area contributed by atoms with E-state index < -0.39 is 15.8 Å². The van der Waals surface area contributed by atoms with Gasteiger partial charge in [0.2, 0.25) is 0 Å². The van der Waals surface area contributed by atoms with Crippen molar-refractivity contribution < 1.29 is 18.3 Å². The van der Waals surface area contributed by atoms with Crippen molar-refractivity contribution >= 4 is 37.2 Å². The van der Waals surface area contributed by atoms with Gasteiger partial charge in [-0.2, -0.15) is 0 Å². The number of carbonyl (C=O) groups is 1. The highest BCUT2D eigenvalue weighted by molar-refractivity contribution is 7.89. The molecule has 0 saturated heterocycles. The second kappa shape index (κ2) is 4.12. The second-order valence-corrected chi connectivity index (χ2v) is 6.90. The average molecular weight is 270 g/mol. The predicted octanol–water partition coefficient (Wildman–Crippen LogP) is 2.14. The fourth-order valence-corrected chi connectivity index (χ4v) is 3.46. The topological polar surface area (TPSA) is 71.4 Å². The molecule has 0 amide bonds. The quantitative estimate of drug-likeness (QED) is 0.927. The maximum atomic E-state index is 11.2. The summed E-state index contributed by atoms with van der Waals surface area (Å²) in [5, 5.41) is 11.4. The number of fused-ring (bicyclic) bond motifs is 1. The summed E-state index contributed by atoms with van der Waals surface area (Å²) in [5.41, 5.74) is 0.834. The van der Waals surface area contributed by atoms with Crippen LogP contribution in [0.3, 0.4) is 0 Å². The molecule has 0 fully saturated rings. The third kappa shape index (κ3) is 2.65. The summed E-state index contributed by atoms with van der Waals surface area (Å²) in [6.07, 6.45) is 1.16. The fourth-order valence-electron chi connectivity index (χ4n) is 1.61. The average Bonchev–Trinajstić information content (AvgIpc) is 2.58. The Labute approximate surface area is 102 Å². The number of rotatable bonds is 3. The molecule has 1 aromatic carbocycles. The van der Waals surface area contributed by atoms with Crippen molar-refractivity contribution in [2.45, 2.75) is 5.75 Å². The van der Waals surface area contributed by atoms with Gasteiger partial charge < -0.3 is 5.11 Å². The van der Waals surface area contributed by atoms with Gasteiger partial charge in [-0.3, -0.25) is 0 Å². The van der Waals surface area contributed by atoms with Crippen LogP contribution < -0.4 is 0 Å². The van der Waals surface area contributed by atoms with Gasteiger partial charge in [0, 0.05) is 11.0 Å². The summed E-state index contributed by atoms with van der Waals surface area (Å²) in [6.45, 7) is 0. The largest absolute Gasteiger partial charge is 0.478 e. The number of thiophene rings is 1. The Morgan fingerprint density at radius 1 is 1.41 bits per heavy atom. The molecular formula is C11H10O4S2. The molecule has 2 aromatic rings. The second-order valence-electron chi connectivity index (χ2n) is 3.85. The van der Waals surface area contributed by atoms with E-state index in [4.69, 9.17) is 5.11 Å². The van der Waals surface area contributed by atoms with Crippen LogP contribution in [0.4, 0.5) is 0 Å². The van der Waals surface area contributed by atoms with E-state index in [1.165, 1.54) is 23.5 Å². The third-order valence-electron chi connectivity index (χ3n) is 2.32. The molecule has 4 nitrogen and oxygen atoms in total. The van der Waals surface area contributed by atoms with Crippen LogP contribution in [0.15, 0.2) is 23.6 Å². The molecule has 0 bridgehead atoms. The van der Waals surface area contributed by atoms with E-state index >= 15 is 0 Å². The van der Waals surface area contributed by atoms with E-state index in [1.54, 1.807) is 11.4 Å². The molecule has 0 atom stereocenters. The van der Waals surface area contributed by atoms with Crippen molar-refractivity contribution in [1.29, 1.82) is 0 Å². The molecule has 1 N–H and O–H groups in total. The minimum Gasteiger partial charge on any atom is -0.478 e. The molecule has 0 radical (unpaired) electrons. The monoisotopic (exact) mass is 270 g/mol. The molecule has 2 rings (SSSR count). The first kappa shape index (κ1) is 12.1. The highest BCUT2D eigenvalue weighted by atomic mass is 32.2. The molecule has 0 aliphatic rings. The Morgan fingerprint density at radius 2 is 2.12 bits per heavy atom. The number of carboxylic acid groups (broad SMARTS) is 1. The number of aromatic carboxylic acids is 1. The number of hydrogen-bond acceptors (Lipinski definition) is 4. The Morgan fingerprint density at radius 3 is 2.71 bits per heavy atom. The van der Waals surface area contributed by atoms with Gasteiger partial charge in [0.25, 0.3) is 0 Å². The molecule has 6 heteroatoms. The minimum absolute atomic E-state index is 0.0595. The van der Waals surface area contributed by atoms with Crippen molar-refractivity contribution in [2.24, 2.45) is 0 Å². The molecule has 17 heavy (non-hydrogen) atoms. The van der Waals surface area contributed by atoms with E-state index in [0.717, 1.165) is 11.0 Å². The summed E-state index contributed by atoms with van der Waals surface area (Å²) in [6, 6.07) is 4.75. The van der Waals surface area contributed by atoms with Crippen molar-refractivity contribution in [2.75, 3.05) is 6.26 Å². The smallest absolute Gasteiger partial charge is 0.335 e. The molecular weight excluding hydrogens is 260 g/mol. The molecule has 0 spiro atoms. The first-order valence-electron chi connectivity index (χ1n) is 4.78. The molecule has 0 saturated carbocycles. The van der Waals surface area contributed by atoms with Crippen LogP contribution in [0.2, 0.25) is 0 Å². The first-order valence-corrected chi connectivity index (χ1v) is 7.72. The van der Waals surface area contributed by atoms with Gasteiger partial charge in [-0.15, -0.1) is 11.3 Å². The van der Waals surface area contributed by atoms with Crippen molar-refractivity contribution in [3.05, 3.63) is 34.7 Å². The lowest BCUT2D eigenvalue weighted by Crippen LogP contribution is -2.00. The summed E-state index contributed by atoms with van der Waals surface area (Å²) in [7, 11) is -3.11. The van der Waals surface area contributed by atoms with Gasteiger partial charge in [-0.1, -0.05) is 0 Å². The minimum atomic E-state index is -3.11. The van der Waals surface area contributed by atoms with Gasteiger partial charge in [0.1, 0.15) is 0 Å². The van der Waals surface area contributed by atoms with Crippen LogP contribution in [0, 0.1) is 0 Å². The standard InChI is InChI=1S/C11H10O4S2/c1-17(14,15)6-8-5-16-10-3-2-7(11(12)13)4-9(8)10/h2-5H,6H2,1H3,(H,12,13). The number of carboxylic acids is 1. The lowest BCUT2D eigenvalue weighted by molar-refractivity contribution is 0.0697. The maximum absolute atomic E-state index is 11.2. The van der Waals surface area contributed by atoms with E-state index in [1.807, 2.05) is 0 Å². The van der Waals surface area contributed by atoms with E-state index in [9.17, 15) is 13.2 Å². The zero-order valence-electron chi connectivity index (χ0n) is 9.00. The Balaban J connectivity index is 2.58. The van der Waals surface area contributed by atoms with Crippen LogP contribution >= 0.6 is 11.3 Å². The summed E-state index contributed by atoms with van der Waals surface area (Å²) in [4.78, 5) is 10.8. The lowest BCUT2D eigenvalue weighted by Gasteiger charge is -1.99. The predicted molar refractivity (Wildman–Crippen MR) is 67.3 cm³/mol. The fraction of sp³-hybridized carbons (Fsp3) is 0.182. The van der Waals surface area contributed by atoms with E-state index in [0.29, 0.717) is 10.9 Å². The van der Waals surface area contributed by atoms with E-state index in [2.05, 4.69) is 0 Å². The van der Waals surface area contributed by atoms with Crippen molar-refractivity contribution in [1.82, 2.24) is 0 Å². The van der Waals surface area contributed by atoms with Crippen LogP contribution in [0.1, 0.15) is 15.9 Å². The zero-order chi connectivity index (χ0) is 12.6. The van der Waals surface area contributed by atoms with E-state index in [-0.39, 0.29) is 11.3 Å². The van der Waals surface area contributed by atoms with Crippen LogP contribution in [0.25, 0.3) is 10.1 Å². The molecule has 90 valence electrons. The van der Waals surface area contributed by atoms with Gasteiger partial charge in [0.05, 0.1) is 11.3 Å². The highest BCUT2D eigenvalue weighted by Crippen LogP contribution is 2.28. The normalized spacial score (nSPS) is 11.8. The number of benzene rings is 1. The van der Waals surface area contributed by atoms with Crippen molar-refractivity contribution in [3.8, 4) is 0 Å². The van der Waals surface area contributed by atoms with Gasteiger partial charge >= 0.3 is 5.97 Å². The highest BCUT2D eigenvalue weighted by Gasteiger charge is 2.12. The number of hydrogen-bond donors (Lipinski definition) is 1. The molecule has 0 aliphatic carbocycles. The Kier molecular flexibility index (Phi) is 2.92. The number of sulfone groups is 1. The van der Waals surface area contributed by atoms with Crippen molar-refractivity contribution in [3.63, 3.8) is 0 Å². The van der Waals surface area contributed by atoms with Gasteiger partial charge in [0.15, 0.2) is 9.84 Å². The molecule has 1 aromatic heterocycles. The zero-order valence-corrected chi connectivity index (χ0v) is 10.6. The van der Waals surface area contributed by atoms with Crippen LogP contribution in [0.5, 0.6) is 0 Å². The third-order valence-corrected chi connectivity index (χ3v) is 4.17. The summed E-state index contributed by atoms with van der Waals surface area (Å²) < 4.78 is 23.4. The molecule has 0 unspecified atom stereocenters. The Bertz CT molecular complexity index is 683. The first-order chi connectivity index (χ1) is 7.87. The summed E-state index contributed by atoms with van der Waals surface area (Å²) in [5.74, 6) is -1.07. The Hall–Kier alpha value is -1.40. The SMILES string of the molecule is CS(=O)(=O)Cc1csc2ccc(C(=O)O)cc12. The lowest BCUT2D eigenvalue weighted by atomic mass is 10.1. The van der Waals surface area contributed by atoms with Gasteiger partial charge in [-0.05, 0) is 34.5 Å². The van der Waals surface area contributed by atoms with Crippen LogP contribution in [-0.4, -0.2) is 25.7 Å². The van der Waals surface area contributed by atoms with Gasteiger partial charge in [-0.25, -0.2) is 13.2 Å². The maximum Gasteiger partial charge on any atom is 0.335 e. The molecule has 0 aliphatic heterocycles. The van der Waals surface area contributed by atoms with Crippen LogP contribution in [-0.2, 0) is 15.6 Å². The molecule has 1 heterocycles.